The van der Waals surface area contributed by atoms with Crippen molar-refractivity contribution in [3.63, 3.8) is 0 Å². The number of hydrogen-bond donors (Lipinski definition) is 1. The van der Waals surface area contributed by atoms with Crippen molar-refractivity contribution in [2.75, 3.05) is 36.5 Å². The molecule has 1 aliphatic heterocycles. The number of ether oxygens (including phenoxy) is 1. The molecule has 2 fully saturated rings. The van der Waals surface area contributed by atoms with Gasteiger partial charge in [0.2, 0.25) is 5.95 Å². The Hall–Kier alpha value is -4.78. The third-order valence-corrected chi connectivity index (χ3v) is 8.43. The molecule has 0 radical (unpaired) electrons. The van der Waals surface area contributed by atoms with Gasteiger partial charge in [-0.2, -0.15) is 18.2 Å². The predicted octanol–water partition coefficient (Wildman–Crippen LogP) is 6.52. The summed E-state index contributed by atoms with van der Waals surface area (Å²) in [5, 5.41) is 3.76. The van der Waals surface area contributed by atoms with Crippen molar-refractivity contribution >= 4 is 45.4 Å². The summed E-state index contributed by atoms with van der Waals surface area (Å²) >= 11 is 0. The van der Waals surface area contributed by atoms with E-state index in [1.165, 1.54) is 31.2 Å². The van der Waals surface area contributed by atoms with Gasteiger partial charge in [-0.05, 0) is 42.7 Å². The second-order valence-electron chi connectivity index (χ2n) is 11.4. The third kappa shape index (κ3) is 5.52. The number of halogens is 3. The summed E-state index contributed by atoms with van der Waals surface area (Å²) in [5.74, 6) is 0.212. The number of morpholine rings is 1. The predicted molar refractivity (Wildman–Crippen MR) is 162 cm³/mol. The largest absolute Gasteiger partial charge is 0.440 e. The molecule has 1 saturated carbocycles. The van der Waals surface area contributed by atoms with Crippen LogP contribution in [0.2, 0.25) is 0 Å². The summed E-state index contributed by atoms with van der Waals surface area (Å²) in [7, 11) is 0. The normalized spacial score (nSPS) is 16.1. The van der Waals surface area contributed by atoms with Gasteiger partial charge in [-0.3, -0.25) is 9.59 Å². The monoisotopic (exact) mass is 618 g/mol. The first-order valence-corrected chi connectivity index (χ1v) is 14.8. The fraction of sp³-hybridized carbons (Fsp3) is 0.344. The first kappa shape index (κ1) is 29.0. The van der Waals surface area contributed by atoms with Gasteiger partial charge in [-0.15, -0.1) is 0 Å². The van der Waals surface area contributed by atoms with Crippen molar-refractivity contribution in [2.45, 2.75) is 44.8 Å². The number of Topliss-reactive ketones (excluding diaryl/α,β-unsaturated/α-hetero) is 1. The fourth-order valence-corrected chi connectivity index (χ4v) is 6.22. The highest BCUT2D eigenvalue weighted by molar-refractivity contribution is 5.98. The maximum absolute atomic E-state index is 14.4. The minimum Gasteiger partial charge on any atom is -0.440 e. The van der Waals surface area contributed by atoms with Crippen molar-refractivity contribution in [3.05, 3.63) is 70.3 Å². The molecule has 0 unspecified atom stereocenters. The number of carbonyl (C=O) groups excluding carboxylic acids is 1. The summed E-state index contributed by atoms with van der Waals surface area (Å²) in [6.07, 6.45) is 1.89. The number of nitrogens with zero attached hydrogens (tertiary/aromatic N) is 5. The number of benzene rings is 1. The molecule has 13 heteroatoms. The average molecular weight is 619 g/mol. The molecule has 0 amide bonds. The lowest BCUT2D eigenvalue weighted by molar-refractivity contribution is -0.137. The van der Waals surface area contributed by atoms with Crippen LogP contribution in [-0.4, -0.2) is 51.6 Å². The molecule has 7 rings (SSSR count). The highest BCUT2D eigenvalue weighted by Gasteiger charge is 2.35. The van der Waals surface area contributed by atoms with Crippen molar-refractivity contribution in [3.8, 4) is 11.1 Å². The van der Waals surface area contributed by atoms with E-state index in [2.05, 4.69) is 20.3 Å². The van der Waals surface area contributed by atoms with Crippen LogP contribution in [0, 0.1) is 0 Å². The van der Waals surface area contributed by atoms with E-state index in [9.17, 15) is 22.8 Å². The molecule has 232 valence electrons. The van der Waals surface area contributed by atoms with Crippen molar-refractivity contribution in [2.24, 2.45) is 0 Å². The number of rotatable bonds is 6. The van der Waals surface area contributed by atoms with E-state index < -0.39 is 11.7 Å². The first-order valence-electron chi connectivity index (χ1n) is 14.8. The van der Waals surface area contributed by atoms with E-state index in [0.717, 1.165) is 37.9 Å². The number of hydrogen-bond acceptors (Lipinski definition) is 9. The first-order chi connectivity index (χ1) is 21.7. The highest BCUT2D eigenvalue weighted by Crippen LogP contribution is 2.39. The Morgan fingerprint density at radius 1 is 1.02 bits per heavy atom. The third-order valence-electron chi connectivity index (χ3n) is 8.43. The molecule has 1 N–H and O–H groups in total. The van der Waals surface area contributed by atoms with E-state index >= 15 is 0 Å². The second kappa shape index (κ2) is 11.3. The molecule has 0 bridgehead atoms. The molecule has 5 aromatic rings. The Balaban J connectivity index is 1.25. The van der Waals surface area contributed by atoms with E-state index in [0.29, 0.717) is 48.9 Å². The average Bonchev–Trinajstić information content (AvgIpc) is 3.69. The van der Waals surface area contributed by atoms with Gasteiger partial charge in [-0.25, -0.2) is 9.97 Å². The topological polar surface area (TPSA) is 115 Å². The molecule has 0 spiro atoms. The minimum absolute atomic E-state index is 0.0615. The Morgan fingerprint density at radius 3 is 2.53 bits per heavy atom. The van der Waals surface area contributed by atoms with E-state index in [1.54, 1.807) is 12.3 Å². The Morgan fingerprint density at radius 2 is 1.80 bits per heavy atom. The lowest BCUT2D eigenvalue weighted by atomic mass is 10.00. The van der Waals surface area contributed by atoms with Crippen LogP contribution in [-0.2, 0) is 10.9 Å². The molecule has 10 nitrogen and oxygen atoms in total. The van der Waals surface area contributed by atoms with Crippen LogP contribution in [0.1, 0.15) is 54.7 Å². The van der Waals surface area contributed by atoms with Gasteiger partial charge in [0.25, 0.3) is 0 Å². The van der Waals surface area contributed by atoms with Gasteiger partial charge in [-0.1, -0.05) is 18.9 Å². The lowest BCUT2D eigenvalue weighted by Crippen LogP contribution is -2.36. The van der Waals surface area contributed by atoms with Crippen LogP contribution in [0.5, 0.6) is 0 Å². The van der Waals surface area contributed by atoms with Gasteiger partial charge in [0.05, 0.1) is 29.9 Å². The summed E-state index contributed by atoms with van der Waals surface area (Å²) in [5.41, 5.74) is 0.0604. The van der Waals surface area contributed by atoms with Gasteiger partial charge in [0, 0.05) is 55.5 Å². The Labute approximate surface area is 254 Å². The van der Waals surface area contributed by atoms with Crippen LogP contribution in [0.25, 0.3) is 33.1 Å². The zero-order valence-corrected chi connectivity index (χ0v) is 24.4. The summed E-state index contributed by atoms with van der Waals surface area (Å²) in [6.45, 7) is 3.53. The van der Waals surface area contributed by atoms with Crippen LogP contribution < -0.4 is 15.6 Å². The molecule has 0 atom stereocenters. The molecular formula is C32H29F3N6O4. The molecule has 2 aliphatic rings. The number of fused-ring (bicyclic) bond motifs is 2. The van der Waals surface area contributed by atoms with Crippen LogP contribution in [0.4, 0.5) is 30.8 Å². The van der Waals surface area contributed by atoms with E-state index in [1.807, 2.05) is 9.47 Å². The number of carbonyl (C=O) groups is 1. The Kier molecular flexibility index (Phi) is 7.27. The Bertz CT molecular complexity index is 1990. The zero-order valence-electron chi connectivity index (χ0n) is 24.4. The second-order valence-corrected chi connectivity index (χ2v) is 11.4. The minimum atomic E-state index is -4.72. The summed E-state index contributed by atoms with van der Waals surface area (Å²) in [4.78, 5) is 40.2. The van der Waals surface area contributed by atoms with Crippen LogP contribution >= 0.6 is 0 Å². The van der Waals surface area contributed by atoms with Crippen LogP contribution in [0.15, 0.2) is 58.0 Å². The number of nitrogens with one attached hydrogen (secondary N) is 1. The number of aromatic nitrogens is 4. The van der Waals surface area contributed by atoms with Crippen LogP contribution in [0.3, 0.4) is 0 Å². The number of ketones is 1. The molecule has 1 aliphatic carbocycles. The highest BCUT2D eigenvalue weighted by atomic mass is 19.4. The summed E-state index contributed by atoms with van der Waals surface area (Å²) < 4.78 is 56.6. The fourth-order valence-electron chi connectivity index (χ4n) is 6.22. The summed E-state index contributed by atoms with van der Waals surface area (Å²) in [6, 6.07) is 8.52. The van der Waals surface area contributed by atoms with E-state index in [4.69, 9.17) is 9.15 Å². The van der Waals surface area contributed by atoms with Gasteiger partial charge in [0.1, 0.15) is 17.0 Å². The zero-order chi connectivity index (χ0) is 31.3. The van der Waals surface area contributed by atoms with Crippen molar-refractivity contribution < 1.29 is 27.1 Å². The van der Waals surface area contributed by atoms with Gasteiger partial charge in [0.15, 0.2) is 17.1 Å². The molecular weight excluding hydrogens is 589 g/mol. The standard InChI is InChI=1S/C32H29F3N6O4/c1-18(42)25-12-20-16-37-31(39-30(20)41(25)21-4-2-3-5-21)38-28-14-24(32(33,34)35)23(17-36-28)19-6-7-22-26(43)15-29(45-27(22)13-19)40-8-10-44-11-9-40/h6-7,12-17,21H,2-5,8-11H2,1H3,(H,36,37,38,39). The molecule has 5 heterocycles. The molecule has 1 saturated heterocycles. The van der Waals surface area contributed by atoms with Gasteiger partial charge >= 0.3 is 6.18 Å². The SMILES string of the molecule is CC(=O)c1cc2cnc(Nc3cc(C(F)(F)F)c(-c4ccc5c(=O)cc(N6CCOCC6)oc5c4)cn3)nc2n1C1CCCC1. The smallest absolute Gasteiger partial charge is 0.417 e. The van der Waals surface area contributed by atoms with Crippen molar-refractivity contribution in [1.29, 1.82) is 0 Å². The number of anilines is 3. The van der Waals surface area contributed by atoms with Gasteiger partial charge < -0.3 is 23.9 Å². The molecule has 4 aromatic heterocycles. The van der Waals surface area contributed by atoms with Crippen molar-refractivity contribution in [1.82, 2.24) is 19.5 Å². The molecule has 1 aromatic carbocycles. The quantitative estimate of drug-likeness (QED) is 0.213. The maximum Gasteiger partial charge on any atom is 0.417 e. The maximum atomic E-state index is 14.4. The van der Waals surface area contributed by atoms with E-state index in [-0.39, 0.29) is 51.1 Å². The number of alkyl halides is 3. The molecule has 45 heavy (non-hydrogen) atoms. The number of pyridine rings is 1. The lowest BCUT2D eigenvalue weighted by Gasteiger charge is -2.27.